The van der Waals surface area contributed by atoms with Crippen molar-refractivity contribution < 1.29 is 4.79 Å². The summed E-state index contributed by atoms with van der Waals surface area (Å²) in [5, 5.41) is 9.11. The van der Waals surface area contributed by atoms with Crippen molar-refractivity contribution in [2.75, 3.05) is 5.32 Å². The number of rotatable bonds is 2. The Morgan fingerprint density at radius 1 is 1.47 bits per heavy atom. The van der Waals surface area contributed by atoms with Gasteiger partial charge in [0, 0.05) is 15.3 Å². The molecule has 0 saturated carbocycles. The van der Waals surface area contributed by atoms with Crippen molar-refractivity contribution >= 4 is 34.2 Å². The monoisotopic (exact) mass is 313 g/mol. The van der Waals surface area contributed by atoms with Crippen molar-refractivity contribution in [3.8, 4) is 0 Å². The Hall–Kier alpha value is -1.37. The summed E-state index contributed by atoms with van der Waals surface area (Å²) in [5.74, 6) is -0.130. The summed E-state index contributed by atoms with van der Waals surface area (Å²) < 4.78 is 1.03. The number of hydrogen-bond acceptors (Lipinski definition) is 2. The molecule has 0 aliphatic heterocycles. The number of aromatic amines is 1. The van der Waals surface area contributed by atoms with Crippen molar-refractivity contribution in [2.45, 2.75) is 0 Å². The molecule has 2 rings (SSSR count). The first kappa shape index (κ1) is 10.2. The first-order valence-electron chi connectivity index (χ1n) is 4.31. The summed E-state index contributed by atoms with van der Waals surface area (Å²) in [6.07, 6.45) is 3.19. The van der Waals surface area contributed by atoms with E-state index in [9.17, 15) is 4.79 Å². The molecule has 0 aliphatic rings. The Labute approximate surface area is 100 Å². The molecule has 0 atom stereocenters. The zero-order chi connectivity index (χ0) is 10.7. The minimum Gasteiger partial charge on any atom is -0.319 e. The lowest BCUT2D eigenvalue weighted by Gasteiger charge is -2.02. The second-order valence-electron chi connectivity index (χ2n) is 2.95. The molecule has 0 aliphatic carbocycles. The Kier molecular flexibility index (Phi) is 3.00. The van der Waals surface area contributed by atoms with Crippen molar-refractivity contribution in [3.63, 3.8) is 0 Å². The number of halogens is 1. The topological polar surface area (TPSA) is 57.8 Å². The number of anilines is 1. The predicted octanol–water partition coefficient (Wildman–Crippen LogP) is 2.27. The van der Waals surface area contributed by atoms with Crippen LogP contribution in [0.25, 0.3) is 0 Å². The van der Waals surface area contributed by atoms with Crippen LogP contribution in [0.1, 0.15) is 10.4 Å². The SMILES string of the molecule is O=C(Nc1cn[nH]c1)c1cccc(I)c1. The van der Waals surface area contributed by atoms with Crippen molar-refractivity contribution in [1.29, 1.82) is 0 Å². The van der Waals surface area contributed by atoms with Gasteiger partial charge in [0.15, 0.2) is 0 Å². The van der Waals surface area contributed by atoms with E-state index < -0.39 is 0 Å². The molecule has 1 aromatic heterocycles. The van der Waals surface area contributed by atoms with Crippen molar-refractivity contribution in [3.05, 3.63) is 45.8 Å². The van der Waals surface area contributed by atoms with Crippen LogP contribution in [0.2, 0.25) is 0 Å². The molecule has 4 nitrogen and oxygen atoms in total. The molecule has 2 N–H and O–H groups in total. The van der Waals surface area contributed by atoms with Gasteiger partial charge in [-0.05, 0) is 40.8 Å². The first-order valence-corrected chi connectivity index (χ1v) is 5.39. The van der Waals surface area contributed by atoms with Crippen LogP contribution in [0.4, 0.5) is 5.69 Å². The van der Waals surface area contributed by atoms with Crippen LogP contribution < -0.4 is 5.32 Å². The van der Waals surface area contributed by atoms with Crippen molar-refractivity contribution in [2.24, 2.45) is 0 Å². The van der Waals surface area contributed by atoms with Crippen LogP contribution in [0, 0.1) is 3.57 Å². The zero-order valence-corrected chi connectivity index (χ0v) is 9.86. The van der Waals surface area contributed by atoms with Crippen LogP contribution in [0.15, 0.2) is 36.7 Å². The molecule has 0 saturated heterocycles. The number of benzene rings is 1. The summed E-state index contributed by atoms with van der Waals surface area (Å²) in [4.78, 5) is 11.7. The van der Waals surface area contributed by atoms with E-state index >= 15 is 0 Å². The van der Waals surface area contributed by atoms with Crippen LogP contribution >= 0.6 is 22.6 Å². The Balaban J connectivity index is 2.15. The summed E-state index contributed by atoms with van der Waals surface area (Å²) in [6, 6.07) is 7.40. The number of amides is 1. The molecule has 76 valence electrons. The fraction of sp³-hybridized carbons (Fsp3) is 0. The van der Waals surface area contributed by atoms with Gasteiger partial charge in [-0.25, -0.2) is 0 Å². The minimum absolute atomic E-state index is 0.130. The summed E-state index contributed by atoms with van der Waals surface area (Å²) in [7, 11) is 0. The molecule has 15 heavy (non-hydrogen) atoms. The molecule has 0 bridgehead atoms. The smallest absolute Gasteiger partial charge is 0.255 e. The average molecular weight is 313 g/mol. The van der Waals surface area contributed by atoms with E-state index in [0.29, 0.717) is 11.3 Å². The Morgan fingerprint density at radius 2 is 2.33 bits per heavy atom. The van der Waals surface area contributed by atoms with Gasteiger partial charge in [0.05, 0.1) is 11.9 Å². The maximum Gasteiger partial charge on any atom is 0.255 e. The molecule has 5 heteroatoms. The number of aromatic nitrogens is 2. The van der Waals surface area contributed by atoms with Gasteiger partial charge in [-0.15, -0.1) is 0 Å². The van der Waals surface area contributed by atoms with Crippen LogP contribution in [-0.2, 0) is 0 Å². The van der Waals surface area contributed by atoms with Crippen LogP contribution in [0.5, 0.6) is 0 Å². The lowest BCUT2D eigenvalue weighted by Crippen LogP contribution is -2.11. The second-order valence-corrected chi connectivity index (χ2v) is 4.20. The number of carbonyl (C=O) groups is 1. The van der Waals surface area contributed by atoms with Gasteiger partial charge < -0.3 is 5.32 Å². The second kappa shape index (κ2) is 4.43. The Morgan fingerprint density at radius 3 is 3.00 bits per heavy atom. The summed E-state index contributed by atoms with van der Waals surface area (Å²) >= 11 is 2.17. The highest BCUT2D eigenvalue weighted by Crippen LogP contribution is 2.10. The fourth-order valence-electron chi connectivity index (χ4n) is 1.15. The van der Waals surface area contributed by atoms with Gasteiger partial charge in [0.1, 0.15) is 0 Å². The zero-order valence-electron chi connectivity index (χ0n) is 7.70. The molecular formula is C10H8IN3O. The van der Waals surface area contributed by atoms with E-state index in [1.54, 1.807) is 18.5 Å². The molecule has 1 amide bonds. The van der Waals surface area contributed by atoms with Gasteiger partial charge in [0.25, 0.3) is 5.91 Å². The predicted molar refractivity (Wildman–Crippen MR) is 65.7 cm³/mol. The third-order valence-corrected chi connectivity index (χ3v) is 2.51. The number of H-pyrrole nitrogens is 1. The van der Waals surface area contributed by atoms with E-state index in [-0.39, 0.29) is 5.91 Å². The standard InChI is InChI=1S/C10H8IN3O/c11-8-3-1-2-7(4-8)10(15)14-9-5-12-13-6-9/h1-6H,(H,12,13)(H,14,15). The van der Waals surface area contributed by atoms with E-state index in [4.69, 9.17) is 0 Å². The van der Waals surface area contributed by atoms with E-state index in [1.807, 2.05) is 18.2 Å². The molecule has 0 radical (unpaired) electrons. The molecule has 1 aromatic carbocycles. The molecule has 0 spiro atoms. The average Bonchev–Trinajstić information content (AvgIpc) is 2.70. The summed E-state index contributed by atoms with van der Waals surface area (Å²) in [5.41, 5.74) is 1.31. The number of carbonyl (C=O) groups excluding carboxylic acids is 1. The first-order chi connectivity index (χ1) is 7.25. The maximum atomic E-state index is 11.7. The van der Waals surface area contributed by atoms with E-state index in [1.165, 1.54) is 0 Å². The molecule has 0 unspecified atom stereocenters. The third-order valence-electron chi connectivity index (χ3n) is 1.84. The number of hydrogen-bond donors (Lipinski definition) is 2. The fourth-order valence-corrected chi connectivity index (χ4v) is 1.70. The van der Waals surface area contributed by atoms with Crippen LogP contribution in [-0.4, -0.2) is 16.1 Å². The number of nitrogens with one attached hydrogen (secondary N) is 2. The van der Waals surface area contributed by atoms with Gasteiger partial charge in [0.2, 0.25) is 0 Å². The lowest BCUT2D eigenvalue weighted by molar-refractivity contribution is 0.102. The quantitative estimate of drug-likeness (QED) is 0.836. The molecule has 0 fully saturated rings. The molecule has 2 aromatic rings. The Bertz CT molecular complexity index is 467. The highest BCUT2D eigenvalue weighted by atomic mass is 127. The minimum atomic E-state index is -0.130. The third kappa shape index (κ3) is 2.56. The lowest BCUT2D eigenvalue weighted by atomic mass is 10.2. The van der Waals surface area contributed by atoms with Crippen LogP contribution in [0.3, 0.4) is 0 Å². The van der Waals surface area contributed by atoms with Gasteiger partial charge in [-0.1, -0.05) is 6.07 Å². The maximum absolute atomic E-state index is 11.7. The normalized spacial score (nSPS) is 9.93. The molecular weight excluding hydrogens is 305 g/mol. The van der Waals surface area contributed by atoms with E-state index in [2.05, 4.69) is 38.1 Å². The number of nitrogens with zero attached hydrogens (tertiary/aromatic N) is 1. The summed E-state index contributed by atoms with van der Waals surface area (Å²) in [6.45, 7) is 0. The highest BCUT2D eigenvalue weighted by molar-refractivity contribution is 14.1. The van der Waals surface area contributed by atoms with Crippen molar-refractivity contribution in [1.82, 2.24) is 10.2 Å². The van der Waals surface area contributed by atoms with Gasteiger partial charge >= 0.3 is 0 Å². The van der Waals surface area contributed by atoms with Gasteiger partial charge in [-0.3, -0.25) is 9.89 Å². The van der Waals surface area contributed by atoms with E-state index in [0.717, 1.165) is 3.57 Å². The largest absolute Gasteiger partial charge is 0.319 e. The highest BCUT2D eigenvalue weighted by Gasteiger charge is 2.06. The molecule has 1 heterocycles. The van der Waals surface area contributed by atoms with Gasteiger partial charge in [-0.2, -0.15) is 5.10 Å².